The van der Waals surface area contributed by atoms with Crippen LogP contribution in [0.15, 0.2) is 73.3 Å². The van der Waals surface area contributed by atoms with Crippen LogP contribution in [0.1, 0.15) is 22.7 Å². The van der Waals surface area contributed by atoms with Gasteiger partial charge in [0, 0.05) is 37.3 Å². The normalized spacial score (nSPS) is 12.2. The Morgan fingerprint density at radius 2 is 1.83 bits per heavy atom. The van der Waals surface area contributed by atoms with E-state index >= 15 is 0 Å². The highest BCUT2D eigenvalue weighted by molar-refractivity contribution is 5.92. The van der Waals surface area contributed by atoms with Gasteiger partial charge in [0.15, 0.2) is 0 Å². The summed E-state index contributed by atoms with van der Waals surface area (Å²) >= 11 is 0. The molecule has 3 rings (SSSR count). The van der Waals surface area contributed by atoms with Crippen molar-refractivity contribution in [2.45, 2.75) is 6.04 Å². The van der Waals surface area contributed by atoms with Crippen LogP contribution in [0.4, 0.5) is 0 Å². The summed E-state index contributed by atoms with van der Waals surface area (Å²) in [5.74, 6) is -0.162. The van der Waals surface area contributed by atoms with E-state index in [1.54, 1.807) is 29.3 Å². The Bertz CT molecular complexity index is 785. The van der Waals surface area contributed by atoms with Crippen LogP contribution in [0.25, 0.3) is 6.08 Å². The number of hydrogen-bond donors (Lipinski definition) is 1. The molecule has 0 spiro atoms. The van der Waals surface area contributed by atoms with Crippen molar-refractivity contribution >= 4 is 12.0 Å². The van der Waals surface area contributed by atoms with E-state index in [1.807, 2.05) is 55.7 Å². The lowest BCUT2D eigenvalue weighted by atomic mass is 9.99. The minimum absolute atomic E-state index is 0.162. The molecule has 3 aromatic rings. The molecule has 1 aromatic carbocycles. The number of carbonyl (C=O) groups is 1. The molecule has 0 aliphatic carbocycles. The van der Waals surface area contributed by atoms with Gasteiger partial charge in [-0.1, -0.05) is 30.3 Å². The van der Waals surface area contributed by atoms with E-state index in [9.17, 15) is 4.79 Å². The lowest BCUT2D eigenvalue weighted by Gasteiger charge is -2.18. The number of hydrogen-bond acceptors (Lipinski definition) is 3. The second-order valence-electron chi connectivity index (χ2n) is 5.41. The quantitative estimate of drug-likeness (QED) is 0.736. The molecule has 0 aliphatic heterocycles. The molecule has 5 heteroatoms. The Balaban J connectivity index is 1.79. The first-order valence-electron chi connectivity index (χ1n) is 7.64. The summed E-state index contributed by atoms with van der Waals surface area (Å²) in [6.45, 7) is 0. The fourth-order valence-electron chi connectivity index (χ4n) is 2.45. The Hall–Kier alpha value is -3.21. The molecule has 0 unspecified atom stereocenters. The third kappa shape index (κ3) is 3.95. The zero-order valence-electron chi connectivity index (χ0n) is 13.3. The van der Waals surface area contributed by atoms with Crippen LogP contribution in [0.5, 0.6) is 0 Å². The number of nitrogens with zero attached hydrogens (tertiary/aromatic N) is 3. The zero-order chi connectivity index (χ0) is 16.8. The van der Waals surface area contributed by atoms with Crippen molar-refractivity contribution in [3.05, 3.63) is 90.0 Å². The molecule has 0 fully saturated rings. The minimum Gasteiger partial charge on any atom is -0.342 e. The molecule has 120 valence electrons. The van der Waals surface area contributed by atoms with Gasteiger partial charge < -0.3 is 5.32 Å². The van der Waals surface area contributed by atoms with Crippen LogP contribution >= 0.6 is 0 Å². The molecule has 0 bridgehead atoms. The van der Waals surface area contributed by atoms with Crippen molar-refractivity contribution in [3.8, 4) is 0 Å². The molecular formula is C19H18N4O. The molecule has 2 aromatic heterocycles. The fraction of sp³-hybridized carbons (Fsp3) is 0.105. The van der Waals surface area contributed by atoms with E-state index in [1.165, 1.54) is 6.08 Å². The van der Waals surface area contributed by atoms with Crippen LogP contribution in [0, 0.1) is 0 Å². The van der Waals surface area contributed by atoms with Gasteiger partial charge in [-0.2, -0.15) is 5.10 Å². The highest BCUT2D eigenvalue weighted by atomic mass is 16.1. The van der Waals surface area contributed by atoms with Crippen LogP contribution < -0.4 is 5.32 Å². The van der Waals surface area contributed by atoms with Gasteiger partial charge in [-0.15, -0.1) is 0 Å². The minimum atomic E-state index is -0.222. The Morgan fingerprint density at radius 1 is 1.12 bits per heavy atom. The van der Waals surface area contributed by atoms with Crippen molar-refractivity contribution in [2.75, 3.05) is 0 Å². The van der Waals surface area contributed by atoms with Crippen molar-refractivity contribution < 1.29 is 4.79 Å². The van der Waals surface area contributed by atoms with Gasteiger partial charge in [-0.3, -0.25) is 14.5 Å². The van der Waals surface area contributed by atoms with Crippen LogP contribution in [-0.4, -0.2) is 20.7 Å². The predicted octanol–water partition coefficient (Wildman–Crippen LogP) is 2.73. The summed E-state index contributed by atoms with van der Waals surface area (Å²) < 4.78 is 1.70. The monoisotopic (exact) mass is 318 g/mol. The first kappa shape index (κ1) is 15.7. The number of benzene rings is 1. The van der Waals surface area contributed by atoms with Crippen molar-refractivity contribution in [1.29, 1.82) is 0 Å². The fourth-order valence-corrected chi connectivity index (χ4v) is 2.45. The van der Waals surface area contributed by atoms with E-state index < -0.39 is 0 Å². The summed E-state index contributed by atoms with van der Waals surface area (Å²) in [5.41, 5.74) is 2.89. The molecule has 0 aliphatic rings. The second kappa shape index (κ2) is 7.37. The smallest absolute Gasteiger partial charge is 0.244 e. The standard InChI is InChI=1S/C19H18N4O/c1-23-14-15(13-21-23)7-8-18(24)22-19(16-5-3-2-4-6-16)17-9-11-20-12-10-17/h2-14,19H,1H3,(H,22,24)/b8-7-/t19-/m1/s1. The SMILES string of the molecule is Cn1cc(/C=C\C(=O)N[C@H](c2ccccc2)c2ccncc2)cn1. The first-order chi connectivity index (χ1) is 11.7. The number of rotatable bonds is 5. The van der Waals surface area contributed by atoms with Crippen LogP contribution in [0.2, 0.25) is 0 Å². The van der Waals surface area contributed by atoms with Crippen molar-refractivity contribution in [1.82, 2.24) is 20.1 Å². The largest absolute Gasteiger partial charge is 0.342 e. The maximum Gasteiger partial charge on any atom is 0.244 e. The Labute approximate surface area is 140 Å². The van der Waals surface area contributed by atoms with Gasteiger partial charge in [0.25, 0.3) is 0 Å². The van der Waals surface area contributed by atoms with Crippen LogP contribution in [-0.2, 0) is 11.8 Å². The highest BCUT2D eigenvalue weighted by Crippen LogP contribution is 2.21. The zero-order valence-corrected chi connectivity index (χ0v) is 13.3. The van der Waals surface area contributed by atoms with Gasteiger partial charge >= 0.3 is 0 Å². The summed E-state index contributed by atoms with van der Waals surface area (Å²) in [4.78, 5) is 16.4. The Kier molecular flexibility index (Phi) is 4.81. The van der Waals surface area contributed by atoms with E-state index in [0.29, 0.717) is 0 Å². The summed E-state index contributed by atoms with van der Waals surface area (Å²) in [6.07, 6.45) is 10.3. The molecule has 0 saturated carbocycles. The summed E-state index contributed by atoms with van der Waals surface area (Å²) in [7, 11) is 1.84. The van der Waals surface area contributed by atoms with Gasteiger partial charge in [0.05, 0.1) is 12.2 Å². The molecule has 0 saturated heterocycles. The average molecular weight is 318 g/mol. The number of carbonyl (C=O) groups excluding carboxylic acids is 1. The maximum absolute atomic E-state index is 12.3. The van der Waals surface area contributed by atoms with E-state index in [-0.39, 0.29) is 11.9 Å². The van der Waals surface area contributed by atoms with Crippen molar-refractivity contribution in [2.24, 2.45) is 7.05 Å². The summed E-state index contributed by atoms with van der Waals surface area (Å²) in [6, 6.07) is 13.5. The summed E-state index contributed by atoms with van der Waals surface area (Å²) in [5, 5.41) is 7.12. The number of pyridine rings is 1. The van der Waals surface area contributed by atoms with Gasteiger partial charge in [0.1, 0.15) is 0 Å². The predicted molar refractivity (Wildman–Crippen MR) is 92.9 cm³/mol. The van der Waals surface area contributed by atoms with Gasteiger partial charge in [-0.25, -0.2) is 0 Å². The number of aryl methyl sites for hydroxylation is 1. The molecule has 2 heterocycles. The third-order valence-electron chi connectivity index (χ3n) is 3.61. The lowest BCUT2D eigenvalue weighted by molar-refractivity contribution is -0.116. The van der Waals surface area contributed by atoms with Crippen LogP contribution in [0.3, 0.4) is 0 Å². The highest BCUT2D eigenvalue weighted by Gasteiger charge is 2.15. The molecule has 5 nitrogen and oxygen atoms in total. The van der Waals surface area contributed by atoms with Gasteiger partial charge in [-0.05, 0) is 29.3 Å². The molecule has 0 radical (unpaired) electrons. The lowest BCUT2D eigenvalue weighted by Crippen LogP contribution is -2.27. The van der Waals surface area contributed by atoms with Gasteiger partial charge in [0.2, 0.25) is 5.91 Å². The topological polar surface area (TPSA) is 59.8 Å². The van der Waals surface area contributed by atoms with Crippen molar-refractivity contribution in [3.63, 3.8) is 0 Å². The average Bonchev–Trinajstić information content (AvgIpc) is 3.05. The number of amides is 1. The van der Waals surface area contributed by atoms with E-state index in [4.69, 9.17) is 0 Å². The maximum atomic E-state index is 12.3. The third-order valence-corrected chi connectivity index (χ3v) is 3.61. The Morgan fingerprint density at radius 3 is 2.50 bits per heavy atom. The molecular weight excluding hydrogens is 300 g/mol. The second-order valence-corrected chi connectivity index (χ2v) is 5.41. The molecule has 1 atom stereocenters. The number of nitrogens with one attached hydrogen (secondary N) is 1. The molecule has 1 N–H and O–H groups in total. The number of aromatic nitrogens is 3. The first-order valence-corrected chi connectivity index (χ1v) is 7.64. The molecule has 24 heavy (non-hydrogen) atoms. The van der Waals surface area contributed by atoms with E-state index in [0.717, 1.165) is 16.7 Å². The molecule has 1 amide bonds. The van der Waals surface area contributed by atoms with E-state index in [2.05, 4.69) is 15.4 Å².